The Balaban J connectivity index is 2.73. The lowest BCUT2D eigenvalue weighted by Crippen LogP contribution is -2.04. The molecule has 1 aromatic carbocycles. The summed E-state index contributed by atoms with van der Waals surface area (Å²) in [5, 5.41) is 1.39. The van der Waals surface area contributed by atoms with Gasteiger partial charge in [0.1, 0.15) is 17.2 Å². The predicted molar refractivity (Wildman–Crippen MR) is 78.0 cm³/mol. The zero-order valence-electron chi connectivity index (χ0n) is 10.4. The van der Waals surface area contributed by atoms with Crippen LogP contribution in [0.4, 0.5) is 0 Å². The second-order valence-electron chi connectivity index (χ2n) is 3.77. The number of aromatic nitrogens is 1. The average Bonchev–Trinajstić information content (AvgIpc) is 2.44. The molecule has 1 heterocycles. The molecule has 0 aliphatic carbocycles. The van der Waals surface area contributed by atoms with E-state index in [4.69, 9.17) is 21.1 Å². The Bertz CT molecular complexity index is 645. The van der Waals surface area contributed by atoms with Crippen LogP contribution in [0.3, 0.4) is 0 Å². The van der Waals surface area contributed by atoms with E-state index < -0.39 is 0 Å². The standard InChI is InChI=1S/C13H11BrClNO3/c1-18-12-5-10(11(17)6-14)16-9-4-8(15)13(19-2)3-7(9)12/h3-5H,6H2,1-2H3. The molecule has 0 atom stereocenters. The van der Waals surface area contributed by atoms with Crippen molar-refractivity contribution >= 4 is 44.2 Å². The third-order valence-electron chi connectivity index (χ3n) is 2.67. The number of methoxy groups -OCH3 is 2. The summed E-state index contributed by atoms with van der Waals surface area (Å²) in [4.78, 5) is 16.0. The van der Waals surface area contributed by atoms with Gasteiger partial charge in [0, 0.05) is 11.5 Å². The molecule has 0 saturated heterocycles. The molecule has 0 N–H and O–H groups in total. The second-order valence-corrected chi connectivity index (χ2v) is 4.74. The molecule has 1 aromatic heterocycles. The number of Topliss-reactive ketones (excluding diaryl/α,β-unsaturated/α-hetero) is 1. The van der Waals surface area contributed by atoms with Crippen LogP contribution in [0, 0.1) is 0 Å². The Kier molecular flexibility index (Phi) is 4.27. The van der Waals surface area contributed by atoms with Crippen molar-refractivity contribution in [1.29, 1.82) is 0 Å². The highest BCUT2D eigenvalue weighted by molar-refractivity contribution is 9.09. The van der Waals surface area contributed by atoms with Crippen LogP contribution in [0.1, 0.15) is 10.5 Å². The van der Waals surface area contributed by atoms with Gasteiger partial charge in [0.2, 0.25) is 0 Å². The molecule has 0 radical (unpaired) electrons. The number of pyridine rings is 1. The lowest BCUT2D eigenvalue weighted by Gasteiger charge is -2.10. The van der Waals surface area contributed by atoms with Crippen molar-refractivity contribution in [2.45, 2.75) is 0 Å². The van der Waals surface area contributed by atoms with Crippen LogP contribution in [-0.2, 0) is 0 Å². The van der Waals surface area contributed by atoms with Gasteiger partial charge >= 0.3 is 0 Å². The smallest absolute Gasteiger partial charge is 0.191 e. The maximum atomic E-state index is 11.7. The molecule has 0 aliphatic rings. The highest BCUT2D eigenvalue weighted by Crippen LogP contribution is 2.34. The van der Waals surface area contributed by atoms with Crippen LogP contribution in [0.15, 0.2) is 18.2 Å². The maximum Gasteiger partial charge on any atom is 0.191 e. The van der Waals surface area contributed by atoms with Crippen molar-refractivity contribution in [1.82, 2.24) is 4.98 Å². The van der Waals surface area contributed by atoms with E-state index >= 15 is 0 Å². The minimum Gasteiger partial charge on any atom is -0.496 e. The summed E-state index contributed by atoms with van der Waals surface area (Å²) in [6.07, 6.45) is 0. The van der Waals surface area contributed by atoms with E-state index in [1.54, 1.807) is 18.2 Å². The third kappa shape index (κ3) is 2.67. The van der Waals surface area contributed by atoms with E-state index in [1.165, 1.54) is 14.2 Å². The Morgan fingerprint density at radius 1 is 1.26 bits per heavy atom. The number of hydrogen-bond donors (Lipinski definition) is 0. The molecule has 0 bridgehead atoms. The molecular formula is C13H11BrClNO3. The van der Waals surface area contributed by atoms with Crippen LogP contribution in [0.25, 0.3) is 10.9 Å². The van der Waals surface area contributed by atoms with E-state index in [0.29, 0.717) is 27.7 Å². The Labute approximate surface area is 123 Å². The molecule has 0 fully saturated rings. The Morgan fingerprint density at radius 2 is 1.95 bits per heavy atom. The first kappa shape index (κ1) is 14.1. The summed E-state index contributed by atoms with van der Waals surface area (Å²) in [6.45, 7) is 0. The second kappa shape index (κ2) is 5.75. The molecule has 19 heavy (non-hydrogen) atoms. The summed E-state index contributed by atoms with van der Waals surface area (Å²) in [6, 6.07) is 5.01. The first-order valence-electron chi connectivity index (χ1n) is 5.42. The fourth-order valence-corrected chi connectivity index (χ4v) is 2.26. The quantitative estimate of drug-likeness (QED) is 0.629. The zero-order valence-corrected chi connectivity index (χ0v) is 12.7. The molecule has 4 nitrogen and oxygen atoms in total. The van der Waals surface area contributed by atoms with Gasteiger partial charge in [0.05, 0.1) is 30.1 Å². The summed E-state index contributed by atoms with van der Waals surface area (Å²) in [5.41, 5.74) is 0.928. The van der Waals surface area contributed by atoms with Crippen molar-refractivity contribution in [2.24, 2.45) is 0 Å². The molecule has 2 aromatic rings. The number of fused-ring (bicyclic) bond motifs is 1. The molecule has 0 unspecified atom stereocenters. The van der Waals surface area contributed by atoms with Crippen LogP contribution in [0.5, 0.6) is 11.5 Å². The topological polar surface area (TPSA) is 48.4 Å². The fourth-order valence-electron chi connectivity index (χ4n) is 1.73. The molecule has 2 rings (SSSR count). The van der Waals surface area contributed by atoms with E-state index in [2.05, 4.69) is 20.9 Å². The zero-order chi connectivity index (χ0) is 14.0. The number of ether oxygens (including phenoxy) is 2. The number of carbonyl (C=O) groups is 1. The van der Waals surface area contributed by atoms with Gasteiger partial charge in [-0.05, 0) is 12.1 Å². The van der Waals surface area contributed by atoms with Gasteiger partial charge < -0.3 is 9.47 Å². The first-order chi connectivity index (χ1) is 9.10. The van der Waals surface area contributed by atoms with Gasteiger partial charge in [-0.3, -0.25) is 4.79 Å². The maximum absolute atomic E-state index is 11.7. The van der Waals surface area contributed by atoms with E-state index in [-0.39, 0.29) is 11.1 Å². The lowest BCUT2D eigenvalue weighted by atomic mass is 10.1. The lowest BCUT2D eigenvalue weighted by molar-refractivity contribution is 0.101. The van der Waals surface area contributed by atoms with Crippen LogP contribution < -0.4 is 9.47 Å². The van der Waals surface area contributed by atoms with Crippen molar-refractivity contribution < 1.29 is 14.3 Å². The number of ketones is 1. The predicted octanol–water partition coefficient (Wildman–Crippen LogP) is 3.48. The SMILES string of the molecule is COc1cc2c(OC)cc(C(=O)CBr)nc2cc1Cl. The average molecular weight is 345 g/mol. The van der Waals surface area contributed by atoms with Crippen LogP contribution >= 0.6 is 27.5 Å². The van der Waals surface area contributed by atoms with Crippen molar-refractivity contribution in [3.05, 3.63) is 28.9 Å². The number of benzene rings is 1. The van der Waals surface area contributed by atoms with Gasteiger partial charge in [0.15, 0.2) is 5.78 Å². The normalized spacial score (nSPS) is 10.5. The molecule has 0 aliphatic heterocycles. The summed E-state index contributed by atoms with van der Waals surface area (Å²) < 4.78 is 10.5. The molecule has 0 saturated carbocycles. The molecule has 0 spiro atoms. The minimum atomic E-state index is -0.118. The summed E-state index contributed by atoms with van der Waals surface area (Å²) >= 11 is 9.19. The van der Waals surface area contributed by atoms with Gasteiger partial charge in [-0.25, -0.2) is 4.98 Å². The van der Waals surface area contributed by atoms with E-state index in [1.807, 2.05) is 0 Å². The first-order valence-corrected chi connectivity index (χ1v) is 6.92. The van der Waals surface area contributed by atoms with Gasteiger partial charge in [0.25, 0.3) is 0 Å². The van der Waals surface area contributed by atoms with Gasteiger partial charge in [-0.1, -0.05) is 27.5 Å². The van der Waals surface area contributed by atoms with Crippen molar-refractivity contribution in [3.8, 4) is 11.5 Å². The number of alkyl halides is 1. The molecule has 6 heteroatoms. The Hall–Kier alpha value is -1.33. The molecular weight excluding hydrogens is 334 g/mol. The highest BCUT2D eigenvalue weighted by atomic mass is 79.9. The molecule has 100 valence electrons. The number of halogens is 2. The fraction of sp³-hybridized carbons (Fsp3) is 0.231. The summed E-state index contributed by atoms with van der Waals surface area (Å²) in [5.74, 6) is 0.977. The van der Waals surface area contributed by atoms with Gasteiger partial charge in [-0.2, -0.15) is 0 Å². The van der Waals surface area contributed by atoms with Crippen LogP contribution in [-0.4, -0.2) is 30.3 Å². The van der Waals surface area contributed by atoms with Crippen LogP contribution in [0.2, 0.25) is 5.02 Å². The number of nitrogens with zero attached hydrogens (tertiary/aromatic N) is 1. The van der Waals surface area contributed by atoms with E-state index in [0.717, 1.165) is 5.39 Å². The van der Waals surface area contributed by atoms with Gasteiger partial charge in [-0.15, -0.1) is 0 Å². The monoisotopic (exact) mass is 343 g/mol. The number of rotatable bonds is 4. The molecule has 0 amide bonds. The van der Waals surface area contributed by atoms with Crippen molar-refractivity contribution in [2.75, 3.05) is 19.5 Å². The van der Waals surface area contributed by atoms with Crippen molar-refractivity contribution in [3.63, 3.8) is 0 Å². The largest absolute Gasteiger partial charge is 0.496 e. The number of hydrogen-bond acceptors (Lipinski definition) is 4. The third-order valence-corrected chi connectivity index (χ3v) is 3.48. The Morgan fingerprint density at radius 3 is 2.53 bits per heavy atom. The minimum absolute atomic E-state index is 0.118. The summed E-state index contributed by atoms with van der Waals surface area (Å²) in [7, 11) is 3.08. The highest BCUT2D eigenvalue weighted by Gasteiger charge is 2.14. The van der Waals surface area contributed by atoms with E-state index in [9.17, 15) is 4.79 Å². The number of carbonyl (C=O) groups excluding carboxylic acids is 1.